The Hall–Kier alpha value is -5.08. The van der Waals surface area contributed by atoms with Crippen LogP contribution in [0.5, 0.6) is 5.75 Å². The Morgan fingerprint density at radius 3 is 2.46 bits per heavy atom. The van der Waals surface area contributed by atoms with Crippen molar-refractivity contribution in [2.45, 2.75) is 12.8 Å². The van der Waals surface area contributed by atoms with Gasteiger partial charge in [-0.25, -0.2) is 4.98 Å². The summed E-state index contributed by atoms with van der Waals surface area (Å²) >= 11 is 0. The van der Waals surface area contributed by atoms with Crippen molar-refractivity contribution in [2.24, 2.45) is 24.4 Å². The summed E-state index contributed by atoms with van der Waals surface area (Å²) in [5.74, 6) is -3.08. The summed E-state index contributed by atoms with van der Waals surface area (Å²) in [6.45, 7) is 0. The van der Waals surface area contributed by atoms with Gasteiger partial charge in [-0.1, -0.05) is 6.07 Å². The van der Waals surface area contributed by atoms with Crippen molar-refractivity contribution >= 4 is 40.8 Å². The Morgan fingerprint density at radius 1 is 1.11 bits per heavy atom. The SMILES string of the molecule is CNC(=O)c1nnc(NC(=O)CC(CC(N)=O)C(N)=O)cc1Nc1cccc(-c2ncn(C)n2)c1OC. The number of ether oxygens (including phenoxy) is 1. The summed E-state index contributed by atoms with van der Waals surface area (Å²) in [6, 6.07) is 6.61. The Kier molecular flexibility index (Phi) is 8.29. The lowest BCUT2D eigenvalue weighted by molar-refractivity contribution is -0.129. The van der Waals surface area contributed by atoms with Gasteiger partial charge in [0.15, 0.2) is 23.1 Å². The summed E-state index contributed by atoms with van der Waals surface area (Å²) in [7, 11) is 4.64. The molecular formula is C22H26N10O5. The molecule has 1 unspecified atom stereocenters. The summed E-state index contributed by atoms with van der Waals surface area (Å²) in [4.78, 5) is 51.9. The molecule has 0 saturated carbocycles. The third-order valence-electron chi connectivity index (χ3n) is 5.11. The Morgan fingerprint density at radius 2 is 1.86 bits per heavy atom. The number of hydrogen-bond donors (Lipinski definition) is 5. The molecule has 37 heavy (non-hydrogen) atoms. The van der Waals surface area contributed by atoms with Crippen molar-refractivity contribution in [3.8, 4) is 17.1 Å². The zero-order chi connectivity index (χ0) is 27.1. The highest BCUT2D eigenvalue weighted by Crippen LogP contribution is 2.37. The number of primary amides is 2. The second-order valence-corrected chi connectivity index (χ2v) is 7.85. The number of anilines is 3. The molecule has 0 aliphatic rings. The van der Waals surface area contributed by atoms with E-state index in [4.69, 9.17) is 16.2 Å². The van der Waals surface area contributed by atoms with Gasteiger partial charge in [0.25, 0.3) is 5.91 Å². The van der Waals surface area contributed by atoms with Gasteiger partial charge in [0.05, 0.1) is 30.0 Å². The average Bonchev–Trinajstić information content (AvgIpc) is 3.28. The normalized spacial score (nSPS) is 11.3. The topological polar surface area (TPSA) is 222 Å². The Balaban J connectivity index is 1.93. The predicted octanol–water partition coefficient (Wildman–Crippen LogP) is -0.311. The number of rotatable bonds is 11. The number of methoxy groups -OCH3 is 1. The first-order valence-electron chi connectivity index (χ1n) is 10.9. The van der Waals surface area contributed by atoms with Crippen LogP contribution in [0.2, 0.25) is 0 Å². The van der Waals surface area contributed by atoms with E-state index < -0.39 is 36.0 Å². The quantitative estimate of drug-likeness (QED) is 0.226. The van der Waals surface area contributed by atoms with Crippen LogP contribution in [0.4, 0.5) is 17.2 Å². The first-order chi connectivity index (χ1) is 17.6. The van der Waals surface area contributed by atoms with Gasteiger partial charge in [-0.05, 0) is 12.1 Å². The van der Waals surface area contributed by atoms with E-state index in [1.54, 1.807) is 36.3 Å². The summed E-state index contributed by atoms with van der Waals surface area (Å²) in [5, 5.41) is 20.1. The van der Waals surface area contributed by atoms with E-state index in [1.165, 1.54) is 20.2 Å². The largest absolute Gasteiger partial charge is 0.494 e. The van der Waals surface area contributed by atoms with Crippen molar-refractivity contribution in [3.05, 3.63) is 36.3 Å². The van der Waals surface area contributed by atoms with Crippen LogP contribution in [0.3, 0.4) is 0 Å². The molecule has 0 spiro atoms. The highest BCUT2D eigenvalue weighted by atomic mass is 16.5. The summed E-state index contributed by atoms with van der Waals surface area (Å²) < 4.78 is 7.14. The molecule has 0 aliphatic heterocycles. The number of carbonyl (C=O) groups is 4. The van der Waals surface area contributed by atoms with E-state index in [0.717, 1.165) is 0 Å². The van der Waals surface area contributed by atoms with Gasteiger partial charge >= 0.3 is 0 Å². The fourth-order valence-electron chi connectivity index (χ4n) is 3.41. The number of nitrogens with two attached hydrogens (primary N) is 2. The third kappa shape index (κ3) is 6.53. The molecule has 15 heteroatoms. The highest BCUT2D eigenvalue weighted by Gasteiger charge is 2.23. The van der Waals surface area contributed by atoms with Gasteiger partial charge in [0.1, 0.15) is 6.33 Å². The summed E-state index contributed by atoms with van der Waals surface area (Å²) in [5.41, 5.74) is 11.6. The highest BCUT2D eigenvalue weighted by molar-refractivity contribution is 6.00. The zero-order valence-corrected chi connectivity index (χ0v) is 20.3. The number of carbonyl (C=O) groups excluding carboxylic acids is 4. The van der Waals surface area contributed by atoms with Crippen molar-refractivity contribution in [1.82, 2.24) is 30.3 Å². The van der Waals surface area contributed by atoms with Gasteiger partial charge < -0.3 is 32.2 Å². The van der Waals surface area contributed by atoms with E-state index in [9.17, 15) is 19.2 Å². The summed E-state index contributed by atoms with van der Waals surface area (Å²) in [6.07, 6.45) is 0.775. The lowest BCUT2D eigenvalue weighted by Gasteiger charge is -2.16. The van der Waals surface area contributed by atoms with Crippen molar-refractivity contribution in [3.63, 3.8) is 0 Å². The van der Waals surface area contributed by atoms with Crippen LogP contribution >= 0.6 is 0 Å². The van der Waals surface area contributed by atoms with Crippen LogP contribution in [-0.2, 0) is 21.4 Å². The Bertz CT molecular complexity index is 1340. The molecule has 7 N–H and O–H groups in total. The van der Waals surface area contributed by atoms with Crippen LogP contribution in [-0.4, -0.2) is 62.7 Å². The third-order valence-corrected chi connectivity index (χ3v) is 5.11. The minimum absolute atomic E-state index is 0.0241. The van der Waals surface area contributed by atoms with E-state index in [2.05, 4.69) is 36.2 Å². The smallest absolute Gasteiger partial charge is 0.273 e. The molecule has 1 atom stereocenters. The second kappa shape index (κ2) is 11.6. The molecule has 194 valence electrons. The zero-order valence-electron chi connectivity index (χ0n) is 20.3. The standard InChI is InChI=1S/C22H26N10O5/c1-25-22(36)18-14(9-16(29-30-18)28-17(34)8-11(20(24)35)7-15(23)33)27-13-6-4-5-12(19(13)37-3)21-26-10-32(2)31-21/h4-6,9-11H,7-8H2,1-3H3,(H2,23,33)(H2,24,35)(H,25,36)(H2,27,28,29,34). The van der Waals surface area contributed by atoms with E-state index in [1.807, 2.05) is 0 Å². The fraction of sp³-hybridized carbons (Fsp3) is 0.273. The van der Waals surface area contributed by atoms with Gasteiger partial charge in [0, 0.05) is 33.0 Å². The molecule has 0 fully saturated rings. The molecule has 3 rings (SSSR count). The average molecular weight is 511 g/mol. The first kappa shape index (κ1) is 26.5. The molecule has 4 amide bonds. The van der Waals surface area contributed by atoms with E-state index >= 15 is 0 Å². The van der Waals surface area contributed by atoms with E-state index in [0.29, 0.717) is 22.8 Å². The molecular weight excluding hydrogens is 484 g/mol. The molecule has 3 aromatic rings. The first-order valence-corrected chi connectivity index (χ1v) is 10.9. The number of amides is 4. The van der Waals surface area contributed by atoms with Crippen LogP contribution in [0.1, 0.15) is 23.3 Å². The number of para-hydroxylation sites is 1. The maximum atomic E-state index is 12.5. The fourth-order valence-corrected chi connectivity index (χ4v) is 3.41. The molecule has 0 saturated heterocycles. The number of benzene rings is 1. The maximum Gasteiger partial charge on any atom is 0.273 e. The number of aryl methyl sites for hydroxylation is 1. The number of nitrogens with one attached hydrogen (secondary N) is 3. The van der Waals surface area contributed by atoms with Crippen LogP contribution in [0.15, 0.2) is 30.6 Å². The van der Waals surface area contributed by atoms with Gasteiger partial charge in [-0.3, -0.25) is 23.9 Å². The molecule has 2 aromatic heterocycles. The number of aromatic nitrogens is 5. The molecule has 15 nitrogen and oxygen atoms in total. The second-order valence-electron chi connectivity index (χ2n) is 7.85. The Labute approximate surface area is 211 Å². The van der Waals surface area contributed by atoms with Crippen LogP contribution in [0, 0.1) is 5.92 Å². The number of nitrogens with zero attached hydrogens (tertiary/aromatic N) is 5. The van der Waals surface area contributed by atoms with E-state index in [-0.39, 0.29) is 23.6 Å². The van der Waals surface area contributed by atoms with Gasteiger partial charge in [-0.2, -0.15) is 5.10 Å². The maximum absolute atomic E-state index is 12.5. The van der Waals surface area contributed by atoms with Crippen LogP contribution < -0.4 is 32.2 Å². The van der Waals surface area contributed by atoms with Crippen LogP contribution in [0.25, 0.3) is 11.4 Å². The van der Waals surface area contributed by atoms with Crippen molar-refractivity contribution in [1.29, 1.82) is 0 Å². The van der Waals surface area contributed by atoms with Crippen molar-refractivity contribution in [2.75, 3.05) is 24.8 Å². The minimum Gasteiger partial charge on any atom is -0.494 e. The molecule has 0 radical (unpaired) electrons. The van der Waals surface area contributed by atoms with Gasteiger partial charge in [0.2, 0.25) is 17.7 Å². The number of hydrogen-bond acceptors (Lipinski definition) is 10. The molecule has 0 bridgehead atoms. The molecule has 0 aliphatic carbocycles. The predicted molar refractivity (Wildman–Crippen MR) is 131 cm³/mol. The monoisotopic (exact) mass is 510 g/mol. The van der Waals surface area contributed by atoms with Gasteiger partial charge in [-0.15, -0.1) is 10.2 Å². The molecule has 2 heterocycles. The minimum atomic E-state index is -1.08. The lowest BCUT2D eigenvalue weighted by atomic mass is 10.00. The molecule has 1 aromatic carbocycles. The van der Waals surface area contributed by atoms with Crippen molar-refractivity contribution < 1.29 is 23.9 Å². The lowest BCUT2D eigenvalue weighted by Crippen LogP contribution is -2.31.